The topological polar surface area (TPSA) is 226 Å². The fraction of sp³-hybridized carbons (Fsp3) is 0.615. The first-order valence-corrected chi connectivity index (χ1v) is 20.9. The number of hydrogen-bond donors (Lipinski definition) is 4. The van der Waals surface area contributed by atoms with Crippen molar-refractivity contribution in [3.63, 3.8) is 0 Å². The zero-order valence-corrected chi connectivity index (χ0v) is 33.1. The minimum absolute atomic E-state index is 0.146. The van der Waals surface area contributed by atoms with Crippen LogP contribution in [0.5, 0.6) is 5.75 Å². The Morgan fingerprint density at radius 2 is 1.14 bits per heavy atom. The summed E-state index contributed by atoms with van der Waals surface area (Å²) in [6.45, 7) is 1.73. The first-order valence-electron chi connectivity index (χ1n) is 19.3. The van der Waals surface area contributed by atoms with Crippen LogP contribution in [-0.4, -0.2) is 120 Å². The number of nitrogens with one attached hydrogen (secondary N) is 2. The van der Waals surface area contributed by atoms with E-state index in [9.17, 15) is 27.6 Å². The number of pyridine rings is 1. The third-order valence-corrected chi connectivity index (χ3v) is 9.88. The molecule has 4 N–H and O–H groups in total. The quantitative estimate of drug-likeness (QED) is 0.0717. The number of benzene rings is 1. The number of aliphatic carboxylic acids is 2. The Hall–Kier alpha value is -4.16. The summed E-state index contributed by atoms with van der Waals surface area (Å²) in [6.07, 6.45) is 13.6. The Morgan fingerprint density at radius 1 is 0.589 bits per heavy atom. The van der Waals surface area contributed by atoms with Crippen molar-refractivity contribution in [3.05, 3.63) is 53.9 Å². The summed E-state index contributed by atoms with van der Waals surface area (Å²) in [5, 5.41) is 22.4. The fourth-order valence-corrected chi connectivity index (χ4v) is 6.52. The van der Waals surface area contributed by atoms with Crippen LogP contribution in [0.15, 0.2) is 47.5 Å². The van der Waals surface area contributed by atoms with Crippen LogP contribution in [0.3, 0.4) is 0 Å². The maximum atomic E-state index is 13.0. The van der Waals surface area contributed by atoms with E-state index >= 15 is 0 Å². The molecule has 0 radical (unpaired) electrons. The monoisotopic (exact) mass is 809 g/mol. The van der Waals surface area contributed by atoms with E-state index < -0.39 is 21.8 Å². The van der Waals surface area contributed by atoms with Gasteiger partial charge < -0.3 is 44.5 Å². The number of carbonyl (C=O) groups excluding carboxylic acids is 2. The van der Waals surface area contributed by atoms with Gasteiger partial charge in [-0.05, 0) is 49.2 Å². The molecule has 1 heterocycles. The molecule has 2 rings (SSSR count). The van der Waals surface area contributed by atoms with Gasteiger partial charge in [0.15, 0.2) is 9.84 Å². The lowest BCUT2D eigenvalue weighted by Crippen LogP contribution is -2.31. The second kappa shape index (κ2) is 30.0. The molecular formula is C39H59N3O13S. The minimum atomic E-state index is -3.67. The molecule has 1 aromatic carbocycles. The van der Waals surface area contributed by atoms with Crippen LogP contribution in [0.1, 0.15) is 93.1 Å². The average molecular weight is 810 g/mol. The number of ether oxygens (including phenoxy) is 5. The van der Waals surface area contributed by atoms with Gasteiger partial charge in [-0.3, -0.25) is 19.4 Å². The van der Waals surface area contributed by atoms with Crippen molar-refractivity contribution >= 4 is 33.6 Å². The summed E-state index contributed by atoms with van der Waals surface area (Å²) in [7, 11) is -3.67. The summed E-state index contributed by atoms with van der Waals surface area (Å²) < 4.78 is 52.5. The number of nitrogens with zero attached hydrogens (tertiary/aromatic N) is 1. The van der Waals surface area contributed by atoms with Gasteiger partial charge >= 0.3 is 11.9 Å². The molecule has 0 saturated carbocycles. The standard InChI is InChI=1S/C39H59N3O13S/c43-36(40-19-22-51-25-27-54-30-38(46)47)29-53-26-24-52-23-20-41-39(48)32-13-14-33(42-28-32)31-56(49,50)35-17-15-34(16-18-35)55-21-11-9-7-5-3-1-2-4-6-8-10-12-37(44)45/h13-18,28H,1-12,19-27,29-31H2,(H,40,43)(H,41,48)(H,44,45)(H,46,47). The van der Waals surface area contributed by atoms with Crippen LogP contribution in [0, 0.1) is 0 Å². The number of aromatic nitrogens is 1. The third kappa shape index (κ3) is 24.4. The predicted molar refractivity (Wildman–Crippen MR) is 206 cm³/mol. The number of amides is 2. The van der Waals surface area contributed by atoms with Crippen LogP contribution in [0.4, 0.5) is 0 Å². The largest absolute Gasteiger partial charge is 0.494 e. The molecule has 0 unspecified atom stereocenters. The maximum Gasteiger partial charge on any atom is 0.329 e. The highest BCUT2D eigenvalue weighted by atomic mass is 32.2. The van der Waals surface area contributed by atoms with E-state index in [1.54, 1.807) is 12.1 Å². The molecule has 17 heteroatoms. The highest BCUT2D eigenvalue weighted by Gasteiger charge is 2.17. The number of carboxylic acids is 2. The zero-order chi connectivity index (χ0) is 40.7. The number of carboxylic acid groups (broad SMARTS) is 2. The molecule has 0 spiro atoms. The molecular weight excluding hydrogens is 751 g/mol. The summed E-state index contributed by atoms with van der Waals surface area (Å²) in [4.78, 5) is 49.4. The van der Waals surface area contributed by atoms with Gasteiger partial charge in [0.25, 0.3) is 5.91 Å². The van der Waals surface area contributed by atoms with Crippen molar-refractivity contribution < 1.29 is 61.5 Å². The zero-order valence-electron chi connectivity index (χ0n) is 32.3. The van der Waals surface area contributed by atoms with Gasteiger partial charge in [-0.25, -0.2) is 13.2 Å². The lowest BCUT2D eigenvalue weighted by atomic mass is 10.1. The van der Waals surface area contributed by atoms with E-state index in [4.69, 9.17) is 33.9 Å². The van der Waals surface area contributed by atoms with Crippen LogP contribution >= 0.6 is 0 Å². The van der Waals surface area contributed by atoms with E-state index in [2.05, 4.69) is 15.6 Å². The Bertz CT molecular complexity index is 1510. The van der Waals surface area contributed by atoms with Crippen LogP contribution < -0.4 is 15.4 Å². The van der Waals surface area contributed by atoms with Gasteiger partial charge in [0.2, 0.25) is 5.91 Å². The lowest BCUT2D eigenvalue weighted by molar-refractivity contribution is -0.143. The van der Waals surface area contributed by atoms with Gasteiger partial charge in [-0.2, -0.15) is 0 Å². The van der Waals surface area contributed by atoms with Gasteiger partial charge in [0.05, 0.1) is 68.2 Å². The average Bonchev–Trinajstić information content (AvgIpc) is 3.17. The molecule has 2 amide bonds. The van der Waals surface area contributed by atoms with Crippen molar-refractivity contribution in [1.29, 1.82) is 0 Å². The highest BCUT2D eigenvalue weighted by molar-refractivity contribution is 7.90. The van der Waals surface area contributed by atoms with E-state index in [0.717, 1.165) is 38.5 Å². The second-order valence-corrected chi connectivity index (χ2v) is 15.0. The van der Waals surface area contributed by atoms with Crippen molar-refractivity contribution in [2.75, 3.05) is 72.6 Å². The summed E-state index contributed by atoms with van der Waals surface area (Å²) in [5.41, 5.74) is 0.581. The Morgan fingerprint density at radius 3 is 1.71 bits per heavy atom. The first-order chi connectivity index (χ1) is 27.1. The molecule has 0 bridgehead atoms. The van der Waals surface area contributed by atoms with Crippen molar-refractivity contribution in [2.24, 2.45) is 0 Å². The summed E-state index contributed by atoms with van der Waals surface area (Å²) in [6, 6.07) is 9.38. The van der Waals surface area contributed by atoms with Crippen LogP contribution in [-0.2, 0) is 48.9 Å². The fourth-order valence-electron chi connectivity index (χ4n) is 5.24. The molecule has 1 aromatic heterocycles. The van der Waals surface area contributed by atoms with E-state index in [0.29, 0.717) is 18.1 Å². The van der Waals surface area contributed by atoms with Gasteiger partial charge in [-0.1, -0.05) is 57.8 Å². The molecule has 2 aromatic rings. The highest BCUT2D eigenvalue weighted by Crippen LogP contribution is 2.20. The first kappa shape index (κ1) is 48.0. The molecule has 0 atom stereocenters. The molecule has 0 fully saturated rings. The maximum absolute atomic E-state index is 13.0. The van der Waals surface area contributed by atoms with E-state index in [1.165, 1.54) is 62.6 Å². The van der Waals surface area contributed by atoms with Crippen molar-refractivity contribution in [3.8, 4) is 5.75 Å². The van der Waals surface area contributed by atoms with Crippen LogP contribution in [0.2, 0.25) is 0 Å². The normalized spacial score (nSPS) is 11.3. The lowest BCUT2D eigenvalue weighted by Gasteiger charge is -2.09. The SMILES string of the molecule is O=C(O)CCCCCCCCCCCCCOc1ccc(S(=O)(=O)Cc2ccc(C(=O)NCCOCCOCC(=O)NCCOCCOCC(=O)O)cn2)cc1. The molecule has 0 saturated heterocycles. The predicted octanol–water partition coefficient (Wildman–Crippen LogP) is 4.20. The number of rotatable bonds is 35. The summed E-state index contributed by atoms with van der Waals surface area (Å²) in [5.74, 6) is -2.18. The second-order valence-electron chi connectivity index (χ2n) is 13.0. The Kier molecular flexibility index (Phi) is 25.7. The number of hydrogen-bond acceptors (Lipinski definition) is 12. The smallest absolute Gasteiger partial charge is 0.329 e. The Balaban J connectivity index is 1.50. The molecule has 16 nitrogen and oxygen atoms in total. The minimum Gasteiger partial charge on any atom is -0.494 e. The molecule has 0 aliphatic rings. The van der Waals surface area contributed by atoms with Crippen molar-refractivity contribution in [1.82, 2.24) is 15.6 Å². The molecule has 0 aliphatic heterocycles. The third-order valence-electron chi connectivity index (χ3n) is 8.21. The number of unbranched alkanes of at least 4 members (excludes halogenated alkanes) is 10. The molecule has 56 heavy (non-hydrogen) atoms. The van der Waals surface area contributed by atoms with Crippen molar-refractivity contribution in [2.45, 2.75) is 87.7 Å². The van der Waals surface area contributed by atoms with Gasteiger partial charge in [0, 0.05) is 25.7 Å². The number of carbonyl (C=O) groups is 4. The number of sulfone groups is 1. The van der Waals surface area contributed by atoms with E-state index in [-0.39, 0.29) is 100 Å². The molecule has 0 aliphatic carbocycles. The van der Waals surface area contributed by atoms with E-state index in [1.807, 2.05) is 0 Å². The molecule has 314 valence electrons. The van der Waals surface area contributed by atoms with Gasteiger partial charge in [0.1, 0.15) is 19.0 Å². The van der Waals surface area contributed by atoms with Crippen LogP contribution in [0.25, 0.3) is 0 Å². The Labute approximate surface area is 329 Å². The summed E-state index contributed by atoms with van der Waals surface area (Å²) >= 11 is 0. The van der Waals surface area contributed by atoms with Gasteiger partial charge in [-0.15, -0.1) is 0 Å².